The van der Waals surface area contributed by atoms with Crippen LogP contribution in [0.4, 0.5) is 0 Å². The summed E-state index contributed by atoms with van der Waals surface area (Å²) in [7, 11) is 0. The Morgan fingerprint density at radius 1 is 1.03 bits per heavy atom. The van der Waals surface area contributed by atoms with Crippen LogP contribution < -0.4 is 4.74 Å². The zero-order valence-corrected chi connectivity index (χ0v) is 19.2. The van der Waals surface area contributed by atoms with Crippen LogP contribution in [0, 0.1) is 5.92 Å². The molecule has 3 heterocycles. The Morgan fingerprint density at radius 3 is 2.70 bits per heavy atom. The second kappa shape index (κ2) is 10.3. The third-order valence-electron chi connectivity index (χ3n) is 7.11. The van der Waals surface area contributed by atoms with Crippen molar-refractivity contribution in [3.8, 4) is 5.75 Å². The van der Waals surface area contributed by atoms with Gasteiger partial charge in [0.15, 0.2) is 5.65 Å². The number of carbonyl (C=O) groups is 1. The first kappa shape index (κ1) is 21.9. The molecular weight excluding hydrogens is 414 g/mol. The van der Waals surface area contributed by atoms with E-state index >= 15 is 0 Å². The number of hydrogen-bond donors (Lipinski definition) is 0. The Kier molecular flexibility index (Phi) is 6.84. The van der Waals surface area contributed by atoms with Crippen LogP contribution in [0.5, 0.6) is 5.75 Å². The molecule has 7 heteroatoms. The Labute approximate surface area is 195 Å². The van der Waals surface area contributed by atoms with E-state index in [0.29, 0.717) is 25.5 Å². The van der Waals surface area contributed by atoms with E-state index in [2.05, 4.69) is 14.9 Å². The van der Waals surface area contributed by atoms with E-state index in [0.717, 1.165) is 60.9 Å². The van der Waals surface area contributed by atoms with E-state index in [9.17, 15) is 4.79 Å². The van der Waals surface area contributed by atoms with Crippen LogP contribution in [0.2, 0.25) is 0 Å². The third kappa shape index (κ3) is 5.18. The van der Waals surface area contributed by atoms with E-state index in [-0.39, 0.29) is 5.92 Å². The van der Waals surface area contributed by atoms with Gasteiger partial charge in [-0.25, -0.2) is 14.6 Å². The predicted molar refractivity (Wildman–Crippen MR) is 127 cm³/mol. The van der Waals surface area contributed by atoms with Crippen molar-refractivity contribution >= 4 is 17.1 Å². The predicted octanol–water partition coefficient (Wildman–Crippen LogP) is 4.58. The van der Waals surface area contributed by atoms with Crippen LogP contribution in [-0.2, 0) is 11.3 Å². The van der Waals surface area contributed by atoms with E-state index in [1.54, 1.807) is 12.4 Å². The Bertz CT molecular complexity index is 1060. The maximum Gasteiger partial charge on any atom is 0.222 e. The highest BCUT2D eigenvalue weighted by atomic mass is 16.5. The fourth-order valence-electron chi connectivity index (χ4n) is 5.33. The van der Waals surface area contributed by atoms with Crippen LogP contribution in [-0.4, -0.2) is 50.3 Å². The van der Waals surface area contributed by atoms with E-state index in [1.807, 2.05) is 35.0 Å². The standard InChI is InChI=1S/C26H33N5O2/c32-23(13-12-20-7-4-5-8-20)30-16-6-9-21(19-30)24-25-26(28-15-14-27-25)31(29-24)17-18-33-22-10-2-1-3-11-22/h1-3,10-11,14-15,20-21H,4-9,12-13,16-19H2/t21-/m1/s1. The highest BCUT2D eigenvalue weighted by Gasteiger charge is 2.29. The van der Waals surface area contributed by atoms with Crippen LogP contribution in [0.15, 0.2) is 42.7 Å². The summed E-state index contributed by atoms with van der Waals surface area (Å²) in [5.74, 6) is 2.10. The lowest BCUT2D eigenvalue weighted by atomic mass is 9.93. The molecule has 1 saturated heterocycles. The molecule has 1 aliphatic heterocycles. The molecule has 1 saturated carbocycles. The van der Waals surface area contributed by atoms with Crippen LogP contribution in [0.3, 0.4) is 0 Å². The van der Waals surface area contributed by atoms with Crippen LogP contribution in [0.1, 0.15) is 63.0 Å². The van der Waals surface area contributed by atoms with E-state index < -0.39 is 0 Å². The number of amides is 1. The van der Waals surface area contributed by atoms with Crippen molar-refractivity contribution in [3.63, 3.8) is 0 Å². The first-order valence-corrected chi connectivity index (χ1v) is 12.4. The number of rotatable bonds is 8. The van der Waals surface area contributed by atoms with Gasteiger partial charge in [-0.15, -0.1) is 0 Å². The SMILES string of the molecule is O=C(CCC1CCCC1)N1CCC[C@@H](c2nn(CCOc3ccccc3)c3nccnc23)C1. The van der Waals surface area contributed by atoms with Crippen molar-refractivity contribution in [1.29, 1.82) is 0 Å². The second-order valence-electron chi connectivity index (χ2n) is 9.37. The van der Waals surface area contributed by atoms with Gasteiger partial charge < -0.3 is 9.64 Å². The average molecular weight is 448 g/mol. The molecule has 0 radical (unpaired) electrons. The molecule has 33 heavy (non-hydrogen) atoms. The molecule has 0 unspecified atom stereocenters. The molecule has 1 aromatic carbocycles. The molecule has 1 amide bonds. The molecule has 0 N–H and O–H groups in total. The zero-order chi connectivity index (χ0) is 22.5. The summed E-state index contributed by atoms with van der Waals surface area (Å²) in [4.78, 5) is 24.2. The van der Waals surface area contributed by atoms with Crippen molar-refractivity contribution in [3.05, 3.63) is 48.4 Å². The number of hydrogen-bond acceptors (Lipinski definition) is 5. The lowest BCUT2D eigenvalue weighted by molar-refractivity contribution is -0.132. The van der Waals surface area contributed by atoms with Gasteiger partial charge in [-0.05, 0) is 37.3 Å². The average Bonchev–Trinajstić information content (AvgIpc) is 3.52. The second-order valence-corrected chi connectivity index (χ2v) is 9.37. The smallest absolute Gasteiger partial charge is 0.222 e. The number of piperidine rings is 1. The van der Waals surface area contributed by atoms with Crippen molar-refractivity contribution < 1.29 is 9.53 Å². The fourth-order valence-corrected chi connectivity index (χ4v) is 5.33. The minimum atomic E-state index is 0.199. The summed E-state index contributed by atoms with van der Waals surface area (Å²) < 4.78 is 7.77. The highest BCUT2D eigenvalue weighted by molar-refractivity contribution is 5.77. The highest BCUT2D eigenvalue weighted by Crippen LogP contribution is 2.32. The van der Waals surface area contributed by atoms with Gasteiger partial charge in [0.1, 0.15) is 17.9 Å². The number of benzene rings is 1. The largest absolute Gasteiger partial charge is 0.492 e. The van der Waals surface area contributed by atoms with E-state index in [1.165, 1.54) is 25.7 Å². The van der Waals surface area contributed by atoms with Crippen molar-refractivity contribution in [2.45, 2.75) is 63.8 Å². The number of carbonyl (C=O) groups excluding carboxylic acids is 1. The van der Waals surface area contributed by atoms with Gasteiger partial charge in [0, 0.05) is 37.8 Å². The molecule has 2 aromatic heterocycles. The molecule has 174 valence electrons. The zero-order valence-electron chi connectivity index (χ0n) is 19.2. The topological polar surface area (TPSA) is 73.1 Å². The monoisotopic (exact) mass is 447 g/mol. The normalized spacial score (nSPS) is 19.3. The maximum absolute atomic E-state index is 12.9. The van der Waals surface area contributed by atoms with Gasteiger partial charge in [-0.1, -0.05) is 43.9 Å². The molecule has 2 fully saturated rings. The maximum atomic E-state index is 12.9. The minimum Gasteiger partial charge on any atom is -0.492 e. The quantitative estimate of drug-likeness (QED) is 0.505. The van der Waals surface area contributed by atoms with Crippen LogP contribution >= 0.6 is 0 Å². The summed E-state index contributed by atoms with van der Waals surface area (Å²) in [6.45, 7) is 2.69. The van der Waals surface area contributed by atoms with Crippen molar-refractivity contribution in [1.82, 2.24) is 24.6 Å². The molecule has 3 aromatic rings. The molecule has 2 aliphatic rings. The van der Waals surface area contributed by atoms with Crippen molar-refractivity contribution in [2.75, 3.05) is 19.7 Å². The lowest BCUT2D eigenvalue weighted by Crippen LogP contribution is -2.39. The summed E-state index contributed by atoms with van der Waals surface area (Å²) in [5.41, 5.74) is 2.60. The summed E-state index contributed by atoms with van der Waals surface area (Å²) in [5, 5.41) is 4.92. The molecule has 0 bridgehead atoms. The minimum absolute atomic E-state index is 0.199. The summed E-state index contributed by atoms with van der Waals surface area (Å²) in [6, 6.07) is 9.81. The summed E-state index contributed by atoms with van der Waals surface area (Å²) >= 11 is 0. The number of nitrogens with zero attached hydrogens (tertiary/aromatic N) is 5. The number of para-hydroxylation sites is 1. The Hall–Kier alpha value is -2.96. The number of ether oxygens (including phenoxy) is 1. The molecular formula is C26H33N5O2. The van der Waals surface area contributed by atoms with Gasteiger partial charge in [0.05, 0.1) is 12.2 Å². The Morgan fingerprint density at radius 2 is 1.85 bits per heavy atom. The third-order valence-corrected chi connectivity index (χ3v) is 7.11. The summed E-state index contributed by atoms with van der Waals surface area (Å²) in [6.07, 6.45) is 12.5. The lowest BCUT2D eigenvalue weighted by Gasteiger charge is -2.32. The number of fused-ring (bicyclic) bond motifs is 1. The van der Waals surface area contributed by atoms with Gasteiger partial charge in [-0.2, -0.15) is 5.10 Å². The van der Waals surface area contributed by atoms with E-state index in [4.69, 9.17) is 9.84 Å². The Balaban J connectivity index is 1.26. The number of likely N-dealkylation sites (tertiary alicyclic amines) is 1. The number of aromatic nitrogens is 4. The van der Waals surface area contributed by atoms with Crippen LogP contribution in [0.25, 0.3) is 11.2 Å². The first-order valence-electron chi connectivity index (χ1n) is 12.4. The van der Waals surface area contributed by atoms with Crippen molar-refractivity contribution in [2.24, 2.45) is 5.92 Å². The molecule has 7 nitrogen and oxygen atoms in total. The van der Waals surface area contributed by atoms with Gasteiger partial charge in [-0.3, -0.25) is 4.79 Å². The molecule has 1 atom stereocenters. The molecule has 1 aliphatic carbocycles. The molecule has 5 rings (SSSR count). The molecule has 0 spiro atoms. The van der Waals surface area contributed by atoms with Gasteiger partial charge in [0.2, 0.25) is 5.91 Å². The first-order chi connectivity index (χ1) is 16.3. The fraction of sp³-hybridized carbons (Fsp3) is 0.538. The van der Waals surface area contributed by atoms with Gasteiger partial charge >= 0.3 is 0 Å². The van der Waals surface area contributed by atoms with Gasteiger partial charge in [0.25, 0.3) is 0 Å².